The fraction of sp³-hybridized carbons (Fsp3) is 0.571. The van der Waals surface area contributed by atoms with Gasteiger partial charge in [-0.05, 0) is 50.2 Å². The maximum atomic E-state index is 11.5. The zero-order valence-electron chi connectivity index (χ0n) is 17.1. The molecule has 0 radical (unpaired) electrons. The van der Waals surface area contributed by atoms with Crippen LogP contribution in [0.3, 0.4) is 0 Å². The summed E-state index contributed by atoms with van der Waals surface area (Å²) in [5.74, 6) is -0.758. The molecule has 0 spiro atoms. The van der Waals surface area contributed by atoms with Crippen LogP contribution in [0.25, 0.3) is 0 Å². The molecule has 0 saturated carbocycles. The summed E-state index contributed by atoms with van der Waals surface area (Å²) in [4.78, 5) is 26.4. The molecule has 3 rings (SSSR count). The van der Waals surface area contributed by atoms with E-state index in [0.29, 0.717) is 17.7 Å². The molecular weight excluding hydrogens is 378 g/mol. The lowest BCUT2D eigenvalue weighted by Crippen LogP contribution is -2.61. The van der Waals surface area contributed by atoms with Crippen LogP contribution >= 0.6 is 0 Å². The van der Waals surface area contributed by atoms with Gasteiger partial charge >= 0.3 is 5.97 Å². The predicted octanol–water partition coefficient (Wildman–Crippen LogP) is 3.35. The van der Waals surface area contributed by atoms with Gasteiger partial charge in [0, 0.05) is 17.1 Å². The van der Waals surface area contributed by atoms with Crippen LogP contribution in [0.15, 0.2) is 29.8 Å². The highest BCUT2D eigenvalue weighted by Gasteiger charge is 2.56. The highest BCUT2D eigenvalue weighted by molar-refractivity contribution is 5.87. The highest BCUT2D eigenvalue weighted by atomic mass is 16.9. The van der Waals surface area contributed by atoms with Crippen LogP contribution in [0.2, 0.25) is 0 Å². The minimum atomic E-state index is -1.21. The standard InChI is InChI=1S/C21H27NO7/c1-19(2,9-10-28-22(26)27)14-5-6-15-16-11-13(18(23)24)7-8-21(16,25)20(3,4)29-17(15)12-14/h5-7,12,16,25H,8-11H2,1-4H3,(H,23,24)/t16-,21-/m1/s1. The van der Waals surface area contributed by atoms with Crippen LogP contribution in [0.5, 0.6) is 5.75 Å². The number of hydrogen-bond donors (Lipinski definition) is 2. The monoisotopic (exact) mass is 405 g/mol. The van der Waals surface area contributed by atoms with Crippen LogP contribution in [-0.4, -0.2) is 39.1 Å². The lowest BCUT2D eigenvalue weighted by molar-refractivity contribution is -0.758. The van der Waals surface area contributed by atoms with E-state index in [2.05, 4.69) is 4.84 Å². The Hall–Kier alpha value is -2.61. The molecule has 0 aromatic heterocycles. The fourth-order valence-corrected chi connectivity index (χ4v) is 4.31. The first kappa shape index (κ1) is 21.1. The SMILES string of the molecule is CC(C)(CCO[N+](=O)[O-])c1ccc2c(c1)OC(C)(C)[C@@]1(O)CC=C(C(=O)O)C[C@H]21. The van der Waals surface area contributed by atoms with Crippen molar-refractivity contribution in [3.05, 3.63) is 51.1 Å². The number of carboxylic acids is 1. The summed E-state index contributed by atoms with van der Waals surface area (Å²) in [6.45, 7) is 7.54. The number of fused-ring (bicyclic) bond motifs is 3. The minimum absolute atomic E-state index is 0.0153. The largest absolute Gasteiger partial charge is 0.485 e. The lowest BCUT2D eigenvalue weighted by Gasteiger charge is -2.53. The third-order valence-corrected chi connectivity index (χ3v) is 6.44. The molecule has 0 bridgehead atoms. The third-order valence-electron chi connectivity index (χ3n) is 6.44. The van der Waals surface area contributed by atoms with Crippen molar-refractivity contribution in [2.75, 3.05) is 6.61 Å². The summed E-state index contributed by atoms with van der Waals surface area (Å²) in [5, 5.41) is 30.5. The van der Waals surface area contributed by atoms with Gasteiger partial charge in [-0.3, -0.25) is 0 Å². The fourth-order valence-electron chi connectivity index (χ4n) is 4.31. The Morgan fingerprint density at radius 3 is 2.72 bits per heavy atom. The Morgan fingerprint density at radius 1 is 1.41 bits per heavy atom. The van der Waals surface area contributed by atoms with Crippen molar-refractivity contribution in [1.29, 1.82) is 0 Å². The van der Waals surface area contributed by atoms with Gasteiger partial charge in [0.05, 0.1) is 6.61 Å². The van der Waals surface area contributed by atoms with Crippen molar-refractivity contribution < 1.29 is 29.7 Å². The van der Waals surface area contributed by atoms with E-state index >= 15 is 0 Å². The summed E-state index contributed by atoms with van der Waals surface area (Å²) in [5.41, 5.74) is -0.526. The van der Waals surface area contributed by atoms with E-state index in [1.807, 2.05) is 45.9 Å². The maximum absolute atomic E-state index is 11.5. The topological polar surface area (TPSA) is 119 Å². The number of carboxylic acid groups (broad SMARTS) is 1. The maximum Gasteiger partial charge on any atom is 0.331 e. The number of nitrogens with zero attached hydrogens (tertiary/aromatic N) is 1. The van der Waals surface area contributed by atoms with Crippen molar-refractivity contribution >= 4 is 5.97 Å². The van der Waals surface area contributed by atoms with Crippen LogP contribution < -0.4 is 4.74 Å². The molecule has 0 fully saturated rings. The van der Waals surface area contributed by atoms with E-state index in [1.165, 1.54) is 0 Å². The van der Waals surface area contributed by atoms with E-state index in [1.54, 1.807) is 6.08 Å². The third kappa shape index (κ3) is 3.69. The second-order valence-corrected chi connectivity index (χ2v) is 8.98. The summed E-state index contributed by atoms with van der Waals surface area (Å²) in [6, 6.07) is 5.67. The zero-order valence-corrected chi connectivity index (χ0v) is 17.1. The second-order valence-electron chi connectivity index (χ2n) is 8.98. The molecule has 0 unspecified atom stereocenters. The second kappa shape index (κ2) is 7.02. The van der Waals surface area contributed by atoms with Crippen molar-refractivity contribution in [2.45, 2.75) is 69.5 Å². The molecule has 0 amide bonds. The summed E-state index contributed by atoms with van der Waals surface area (Å²) >= 11 is 0. The molecule has 2 N–H and O–H groups in total. The molecule has 29 heavy (non-hydrogen) atoms. The molecular formula is C21H27NO7. The summed E-state index contributed by atoms with van der Waals surface area (Å²) in [7, 11) is 0. The first-order valence-electron chi connectivity index (χ1n) is 9.63. The van der Waals surface area contributed by atoms with Crippen molar-refractivity contribution in [3.63, 3.8) is 0 Å². The molecule has 8 heteroatoms. The first-order valence-corrected chi connectivity index (χ1v) is 9.63. The van der Waals surface area contributed by atoms with Crippen LogP contribution in [0, 0.1) is 10.1 Å². The van der Waals surface area contributed by atoms with Gasteiger partial charge < -0.3 is 19.8 Å². The molecule has 158 valence electrons. The van der Waals surface area contributed by atoms with E-state index < -0.39 is 33.6 Å². The smallest absolute Gasteiger partial charge is 0.331 e. The van der Waals surface area contributed by atoms with E-state index in [4.69, 9.17) is 4.74 Å². The van der Waals surface area contributed by atoms with Gasteiger partial charge in [-0.15, -0.1) is 10.1 Å². The number of ether oxygens (including phenoxy) is 1. The molecule has 1 aliphatic heterocycles. The number of rotatable bonds is 6. The number of hydrogen-bond acceptors (Lipinski definition) is 6. The Bertz CT molecular complexity index is 874. The number of aliphatic hydroxyl groups is 1. The molecule has 2 aliphatic rings. The number of aliphatic carboxylic acids is 1. The molecule has 1 aliphatic carbocycles. The first-order chi connectivity index (χ1) is 13.4. The molecule has 1 heterocycles. The van der Waals surface area contributed by atoms with Crippen LogP contribution in [0.4, 0.5) is 0 Å². The Kier molecular flexibility index (Phi) is 5.11. The van der Waals surface area contributed by atoms with Gasteiger partial charge in [-0.2, -0.15) is 0 Å². The zero-order chi connectivity index (χ0) is 21.6. The van der Waals surface area contributed by atoms with Gasteiger partial charge in [0.25, 0.3) is 5.09 Å². The Balaban J connectivity index is 1.96. The highest BCUT2D eigenvalue weighted by Crippen LogP contribution is 2.54. The van der Waals surface area contributed by atoms with Crippen LogP contribution in [-0.2, 0) is 15.0 Å². The van der Waals surface area contributed by atoms with E-state index in [0.717, 1.165) is 11.1 Å². The number of carbonyl (C=O) groups is 1. The average molecular weight is 405 g/mol. The van der Waals surface area contributed by atoms with Gasteiger partial charge in [0.15, 0.2) is 0 Å². The quantitative estimate of drug-likeness (QED) is 0.550. The molecule has 8 nitrogen and oxygen atoms in total. The Morgan fingerprint density at radius 2 is 2.10 bits per heavy atom. The van der Waals surface area contributed by atoms with Crippen molar-refractivity contribution in [1.82, 2.24) is 0 Å². The number of benzene rings is 1. The minimum Gasteiger partial charge on any atom is -0.485 e. The predicted molar refractivity (Wildman–Crippen MR) is 104 cm³/mol. The van der Waals surface area contributed by atoms with Gasteiger partial charge in [-0.1, -0.05) is 32.1 Å². The van der Waals surface area contributed by atoms with E-state index in [9.17, 15) is 25.1 Å². The molecule has 0 saturated heterocycles. The normalized spacial score (nSPS) is 25.1. The van der Waals surface area contributed by atoms with Crippen molar-refractivity contribution in [2.24, 2.45) is 0 Å². The lowest BCUT2D eigenvalue weighted by atomic mass is 9.63. The van der Waals surface area contributed by atoms with Crippen LogP contribution in [0.1, 0.15) is 64.0 Å². The van der Waals surface area contributed by atoms with Gasteiger partial charge in [0.2, 0.25) is 0 Å². The van der Waals surface area contributed by atoms with Gasteiger partial charge in [-0.25, -0.2) is 4.79 Å². The van der Waals surface area contributed by atoms with Gasteiger partial charge in [0.1, 0.15) is 17.0 Å². The average Bonchev–Trinajstić information content (AvgIpc) is 2.60. The summed E-state index contributed by atoms with van der Waals surface area (Å²) in [6.07, 6.45) is 2.46. The molecule has 1 aromatic carbocycles. The molecule has 1 aromatic rings. The molecule has 2 atom stereocenters. The summed E-state index contributed by atoms with van der Waals surface area (Å²) < 4.78 is 6.20. The van der Waals surface area contributed by atoms with Crippen molar-refractivity contribution in [3.8, 4) is 5.75 Å². The van der Waals surface area contributed by atoms with E-state index in [-0.39, 0.29) is 19.4 Å². The Labute approximate surface area is 169 Å².